The van der Waals surface area contributed by atoms with Gasteiger partial charge < -0.3 is 10.6 Å². The van der Waals surface area contributed by atoms with E-state index >= 15 is 0 Å². The van der Waals surface area contributed by atoms with Crippen LogP contribution in [0.25, 0.3) is 0 Å². The van der Waals surface area contributed by atoms with Gasteiger partial charge in [0.1, 0.15) is 5.82 Å². The van der Waals surface area contributed by atoms with Gasteiger partial charge in [-0.25, -0.2) is 4.39 Å². The summed E-state index contributed by atoms with van der Waals surface area (Å²) in [4.78, 5) is 12.1. The van der Waals surface area contributed by atoms with Gasteiger partial charge >= 0.3 is 0 Å². The van der Waals surface area contributed by atoms with Crippen LogP contribution in [-0.4, -0.2) is 16.1 Å². The van der Waals surface area contributed by atoms with Crippen molar-refractivity contribution < 1.29 is 9.18 Å². The second-order valence-electron chi connectivity index (χ2n) is 5.38. The molecular formula is C18H14ClFN4O. The van der Waals surface area contributed by atoms with Crippen LogP contribution in [0, 0.1) is 12.7 Å². The van der Waals surface area contributed by atoms with Gasteiger partial charge in [-0.1, -0.05) is 29.3 Å². The van der Waals surface area contributed by atoms with Crippen molar-refractivity contribution in [3.63, 3.8) is 0 Å². The van der Waals surface area contributed by atoms with Crippen LogP contribution in [0.5, 0.6) is 0 Å². The molecule has 0 saturated heterocycles. The van der Waals surface area contributed by atoms with Crippen molar-refractivity contribution >= 4 is 34.8 Å². The topological polar surface area (TPSA) is 66.9 Å². The molecule has 1 heterocycles. The smallest absolute Gasteiger partial charge is 0.256 e. The number of nitrogens with zero attached hydrogens (tertiary/aromatic N) is 2. The van der Waals surface area contributed by atoms with E-state index in [2.05, 4.69) is 20.8 Å². The molecule has 0 bridgehead atoms. The molecule has 0 atom stereocenters. The second-order valence-corrected chi connectivity index (χ2v) is 5.79. The zero-order chi connectivity index (χ0) is 17.8. The molecule has 0 saturated carbocycles. The molecule has 2 aromatic carbocycles. The molecule has 0 unspecified atom stereocenters. The van der Waals surface area contributed by atoms with Crippen LogP contribution in [0.15, 0.2) is 54.6 Å². The average molecular weight is 357 g/mol. The number of aryl methyl sites for hydroxylation is 1. The summed E-state index contributed by atoms with van der Waals surface area (Å²) in [6.07, 6.45) is 0. The number of anilines is 3. The van der Waals surface area contributed by atoms with Crippen molar-refractivity contribution in [1.82, 2.24) is 10.2 Å². The molecule has 0 radical (unpaired) electrons. The molecule has 2 N–H and O–H groups in total. The Hall–Kier alpha value is -2.99. The minimum Gasteiger partial charge on any atom is -0.339 e. The number of amides is 1. The molecule has 3 aromatic rings. The highest BCUT2D eigenvalue weighted by molar-refractivity contribution is 6.31. The number of rotatable bonds is 4. The lowest BCUT2D eigenvalue weighted by Crippen LogP contribution is -2.13. The van der Waals surface area contributed by atoms with Crippen molar-refractivity contribution in [3.8, 4) is 0 Å². The zero-order valence-corrected chi connectivity index (χ0v) is 14.0. The number of carbonyl (C=O) groups is 1. The summed E-state index contributed by atoms with van der Waals surface area (Å²) in [7, 11) is 0. The molecule has 0 aliphatic heterocycles. The Morgan fingerprint density at radius 1 is 1.00 bits per heavy atom. The summed E-state index contributed by atoms with van der Waals surface area (Å²) in [6.45, 7) is 1.95. The molecular weight excluding hydrogens is 343 g/mol. The van der Waals surface area contributed by atoms with Crippen molar-refractivity contribution in [3.05, 3.63) is 76.6 Å². The summed E-state index contributed by atoms with van der Waals surface area (Å²) >= 11 is 5.73. The average Bonchev–Trinajstić information content (AvgIpc) is 2.60. The van der Waals surface area contributed by atoms with Crippen LogP contribution in [0.3, 0.4) is 0 Å². The van der Waals surface area contributed by atoms with Crippen LogP contribution >= 0.6 is 11.6 Å². The van der Waals surface area contributed by atoms with Crippen LogP contribution in [0.1, 0.15) is 15.9 Å². The quantitative estimate of drug-likeness (QED) is 0.718. The van der Waals surface area contributed by atoms with E-state index in [1.165, 1.54) is 18.2 Å². The van der Waals surface area contributed by atoms with Crippen LogP contribution in [-0.2, 0) is 0 Å². The number of aromatic nitrogens is 2. The zero-order valence-electron chi connectivity index (χ0n) is 13.3. The third-order valence-electron chi connectivity index (χ3n) is 3.41. The van der Waals surface area contributed by atoms with Gasteiger partial charge in [0.2, 0.25) is 0 Å². The number of hydrogen-bond acceptors (Lipinski definition) is 4. The van der Waals surface area contributed by atoms with Crippen LogP contribution in [0.2, 0.25) is 5.02 Å². The number of nitrogens with one attached hydrogen (secondary N) is 2. The molecule has 5 nitrogen and oxygen atoms in total. The molecule has 0 fully saturated rings. The molecule has 3 rings (SSSR count). The summed E-state index contributed by atoms with van der Waals surface area (Å²) < 4.78 is 13.1. The normalized spacial score (nSPS) is 10.4. The van der Waals surface area contributed by atoms with Crippen molar-refractivity contribution in [2.24, 2.45) is 0 Å². The van der Waals surface area contributed by atoms with Gasteiger partial charge in [-0.15, -0.1) is 10.2 Å². The van der Waals surface area contributed by atoms with Gasteiger partial charge in [0.15, 0.2) is 11.6 Å². The van der Waals surface area contributed by atoms with Crippen molar-refractivity contribution in [2.45, 2.75) is 6.92 Å². The number of hydrogen-bond donors (Lipinski definition) is 2. The highest BCUT2D eigenvalue weighted by Crippen LogP contribution is 2.22. The third-order valence-corrected chi connectivity index (χ3v) is 3.70. The molecule has 1 aromatic heterocycles. The van der Waals surface area contributed by atoms with Gasteiger partial charge in [-0.05, 0) is 49.4 Å². The summed E-state index contributed by atoms with van der Waals surface area (Å²) in [5.74, 6) is 0.0112. The monoisotopic (exact) mass is 356 g/mol. The minimum absolute atomic E-state index is 0.0138. The van der Waals surface area contributed by atoms with Gasteiger partial charge in [0, 0.05) is 11.3 Å². The standard InChI is InChI=1S/C18H14ClFN4O/c1-11-2-4-12(5-3-11)18(25)22-17-9-8-16(23-24-17)21-13-6-7-15(20)14(19)10-13/h2-10H,1H3,(H,21,23)(H,22,24,25). The summed E-state index contributed by atoms with van der Waals surface area (Å²) in [5, 5.41) is 13.6. The third kappa shape index (κ3) is 4.30. The molecule has 0 spiro atoms. The summed E-state index contributed by atoms with van der Waals surface area (Å²) in [6, 6.07) is 14.7. The summed E-state index contributed by atoms with van der Waals surface area (Å²) in [5.41, 5.74) is 2.19. The lowest BCUT2D eigenvalue weighted by molar-refractivity contribution is 0.102. The fraction of sp³-hybridized carbons (Fsp3) is 0.0556. The first-order chi connectivity index (χ1) is 12.0. The van der Waals surface area contributed by atoms with E-state index in [1.54, 1.807) is 24.3 Å². The van der Waals surface area contributed by atoms with E-state index < -0.39 is 5.82 Å². The molecule has 126 valence electrons. The number of carbonyl (C=O) groups excluding carboxylic acids is 1. The molecule has 25 heavy (non-hydrogen) atoms. The second kappa shape index (κ2) is 7.27. The Morgan fingerprint density at radius 3 is 2.32 bits per heavy atom. The van der Waals surface area contributed by atoms with E-state index in [4.69, 9.17) is 11.6 Å². The SMILES string of the molecule is Cc1ccc(C(=O)Nc2ccc(Nc3ccc(F)c(Cl)c3)nn2)cc1. The largest absolute Gasteiger partial charge is 0.339 e. The van der Waals surface area contributed by atoms with Gasteiger partial charge in [0.05, 0.1) is 5.02 Å². The van der Waals surface area contributed by atoms with E-state index in [9.17, 15) is 9.18 Å². The van der Waals surface area contributed by atoms with Crippen LogP contribution < -0.4 is 10.6 Å². The van der Waals surface area contributed by atoms with E-state index in [1.807, 2.05) is 19.1 Å². The lowest BCUT2D eigenvalue weighted by Gasteiger charge is -2.07. The Balaban J connectivity index is 1.66. The Labute approximate surface area is 148 Å². The Bertz CT molecular complexity index is 898. The van der Waals surface area contributed by atoms with E-state index in [-0.39, 0.29) is 10.9 Å². The maximum Gasteiger partial charge on any atom is 0.256 e. The predicted octanol–water partition coefficient (Wildman–Crippen LogP) is 4.57. The number of benzene rings is 2. The molecule has 1 amide bonds. The lowest BCUT2D eigenvalue weighted by atomic mass is 10.1. The first-order valence-electron chi connectivity index (χ1n) is 7.45. The van der Waals surface area contributed by atoms with E-state index in [0.29, 0.717) is 22.9 Å². The molecule has 0 aliphatic rings. The first-order valence-corrected chi connectivity index (χ1v) is 7.83. The highest BCUT2D eigenvalue weighted by atomic mass is 35.5. The highest BCUT2D eigenvalue weighted by Gasteiger charge is 2.07. The van der Waals surface area contributed by atoms with Crippen molar-refractivity contribution in [2.75, 3.05) is 10.6 Å². The van der Waals surface area contributed by atoms with Gasteiger partial charge in [-0.3, -0.25) is 4.79 Å². The Morgan fingerprint density at radius 2 is 1.68 bits per heavy atom. The minimum atomic E-state index is -0.493. The van der Waals surface area contributed by atoms with E-state index in [0.717, 1.165) is 5.56 Å². The fourth-order valence-electron chi connectivity index (χ4n) is 2.08. The molecule has 7 heteroatoms. The Kier molecular flexibility index (Phi) is 4.90. The van der Waals surface area contributed by atoms with Gasteiger partial charge in [0.25, 0.3) is 5.91 Å². The molecule has 0 aliphatic carbocycles. The predicted molar refractivity (Wildman–Crippen MR) is 95.9 cm³/mol. The first kappa shape index (κ1) is 16.9. The van der Waals surface area contributed by atoms with Crippen molar-refractivity contribution in [1.29, 1.82) is 0 Å². The van der Waals surface area contributed by atoms with Gasteiger partial charge in [-0.2, -0.15) is 0 Å². The maximum absolute atomic E-state index is 13.1. The van der Waals surface area contributed by atoms with Crippen LogP contribution in [0.4, 0.5) is 21.7 Å². The fourth-order valence-corrected chi connectivity index (χ4v) is 2.26. The number of halogens is 2. The maximum atomic E-state index is 13.1.